The number of hydrogen-bond donors (Lipinski definition) is 2. The average Bonchev–Trinajstić information content (AvgIpc) is 3.10. The number of aromatic nitrogens is 2. The molecule has 1 heterocycles. The van der Waals surface area contributed by atoms with Crippen molar-refractivity contribution in [1.82, 2.24) is 15.1 Å². The van der Waals surface area contributed by atoms with Gasteiger partial charge in [-0.3, -0.25) is 4.68 Å². The molecule has 108 valence electrons. The minimum Gasteiger partial charge on any atom is -0.394 e. The fraction of sp³-hybridized carbons (Fsp3) is 0.786. The van der Waals surface area contributed by atoms with Crippen LogP contribution in [0.1, 0.15) is 38.3 Å². The lowest BCUT2D eigenvalue weighted by Crippen LogP contribution is -2.46. The predicted molar refractivity (Wildman–Crippen MR) is 79.6 cm³/mol. The van der Waals surface area contributed by atoms with Crippen LogP contribution in [0.4, 0.5) is 0 Å². The van der Waals surface area contributed by atoms with Crippen molar-refractivity contribution in [3.63, 3.8) is 0 Å². The second-order valence-corrected chi connectivity index (χ2v) is 6.95. The molecule has 1 saturated carbocycles. The summed E-state index contributed by atoms with van der Waals surface area (Å²) in [5.74, 6) is 1.07. The molecule has 5 heteroatoms. The van der Waals surface area contributed by atoms with Gasteiger partial charge in [0.1, 0.15) is 0 Å². The van der Waals surface area contributed by atoms with E-state index in [-0.39, 0.29) is 12.1 Å². The lowest BCUT2D eigenvalue weighted by molar-refractivity contribution is 0.163. The van der Waals surface area contributed by atoms with E-state index in [2.05, 4.69) is 23.4 Å². The molecule has 1 aliphatic carbocycles. The molecular formula is C14H25N3OS. The monoisotopic (exact) mass is 283 g/mol. The maximum absolute atomic E-state index is 9.54. The molecular weight excluding hydrogens is 258 g/mol. The van der Waals surface area contributed by atoms with E-state index in [9.17, 15) is 5.11 Å². The average molecular weight is 283 g/mol. The van der Waals surface area contributed by atoms with Gasteiger partial charge in [-0.15, -0.1) is 11.8 Å². The first-order chi connectivity index (χ1) is 9.02. The number of hydrogen-bond acceptors (Lipinski definition) is 4. The van der Waals surface area contributed by atoms with E-state index in [1.807, 2.05) is 30.4 Å². The first-order valence-electron chi connectivity index (χ1n) is 7.04. The van der Waals surface area contributed by atoms with Crippen LogP contribution in [0, 0.1) is 6.92 Å². The van der Waals surface area contributed by atoms with Crippen LogP contribution in [-0.4, -0.2) is 38.8 Å². The van der Waals surface area contributed by atoms with Crippen molar-refractivity contribution < 1.29 is 5.11 Å². The van der Waals surface area contributed by atoms with Gasteiger partial charge in [0, 0.05) is 18.6 Å². The first kappa shape index (κ1) is 14.9. The maximum atomic E-state index is 9.54. The standard InChI is InChI=1S/C14H25N3OS/c1-11-9-13(17(3)16-11)19-8-4-7-14(2,10-18)15-12-5-6-12/h9,12,15,18H,4-8,10H2,1-3H3. The molecule has 19 heavy (non-hydrogen) atoms. The van der Waals surface area contributed by atoms with Gasteiger partial charge in [-0.05, 0) is 51.3 Å². The summed E-state index contributed by atoms with van der Waals surface area (Å²) >= 11 is 1.84. The Morgan fingerprint density at radius 2 is 2.32 bits per heavy atom. The van der Waals surface area contributed by atoms with Crippen LogP contribution in [0.5, 0.6) is 0 Å². The van der Waals surface area contributed by atoms with E-state index in [1.165, 1.54) is 17.9 Å². The summed E-state index contributed by atoms with van der Waals surface area (Å²) in [4.78, 5) is 0. The number of nitrogens with one attached hydrogen (secondary N) is 1. The van der Waals surface area contributed by atoms with Gasteiger partial charge in [-0.2, -0.15) is 5.10 Å². The Kier molecular flexibility index (Phi) is 4.92. The molecule has 0 aliphatic heterocycles. The zero-order chi connectivity index (χ0) is 13.9. The van der Waals surface area contributed by atoms with E-state index >= 15 is 0 Å². The van der Waals surface area contributed by atoms with Gasteiger partial charge in [-0.25, -0.2) is 0 Å². The molecule has 1 aliphatic rings. The number of aryl methyl sites for hydroxylation is 2. The Balaban J connectivity index is 1.71. The molecule has 1 aromatic rings. The Bertz CT molecular complexity index is 417. The van der Waals surface area contributed by atoms with Crippen molar-refractivity contribution in [1.29, 1.82) is 0 Å². The van der Waals surface area contributed by atoms with Crippen LogP contribution < -0.4 is 5.32 Å². The first-order valence-corrected chi connectivity index (χ1v) is 8.03. The van der Waals surface area contributed by atoms with Gasteiger partial charge in [0.25, 0.3) is 0 Å². The van der Waals surface area contributed by atoms with E-state index < -0.39 is 0 Å². The van der Waals surface area contributed by atoms with Crippen LogP contribution >= 0.6 is 11.8 Å². The second kappa shape index (κ2) is 6.29. The highest BCUT2D eigenvalue weighted by Gasteiger charge is 2.31. The molecule has 2 N–H and O–H groups in total. The minimum atomic E-state index is -0.107. The van der Waals surface area contributed by atoms with Crippen LogP contribution in [0.2, 0.25) is 0 Å². The summed E-state index contributed by atoms with van der Waals surface area (Å²) in [5, 5.41) is 18.7. The normalized spacial score (nSPS) is 18.5. The number of thioether (sulfide) groups is 1. The number of aliphatic hydroxyl groups is 1. The van der Waals surface area contributed by atoms with Crippen molar-refractivity contribution in [2.24, 2.45) is 7.05 Å². The third-order valence-electron chi connectivity index (χ3n) is 3.56. The summed E-state index contributed by atoms with van der Waals surface area (Å²) in [6, 6.07) is 2.77. The lowest BCUT2D eigenvalue weighted by atomic mass is 9.97. The molecule has 0 saturated heterocycles. The van der Waals surface area contributed by atoms with Crippen molar-refractivity contribution in [3.05, 3.63) is 11.8 Å². The Morgan fingerprint density at radius 3 is 2.84 bits per heavy atom. The van der Waals surface area contributed by atoms with Gasteiger partial charge in [0.05, 0.1) is 17.3 Å². The fourth-order valence-electron chi connectivity index (χ4n) is 2.28. The van der Waals surface area contributed by atoms with Crippen LogP contribution in [0.15, 0.2) is 11.1 Å². The number of nitrogens with zero attached hydrogens (tertiary/aromatic N) is 2. The van der Waals surface area contributed by atoms with E-state index in [4.69, 9.17) is 0 Å². The highest BCUT2D eigenvalue weighted by atomic mass is 32.2. The Morgan fingerprint density at radius 1 is 1.58 bits per heavy atom. The largest absolute Gasteiger partial charge is 0.394 e. The van der Waals surface area contributed by atoms with Crippen LogP contribution in [0.25, 0.3) is 0 Å². The van der Waals surface area contributed by atoms with Crippen LogP contribution in [0.3, 0.4) is 0 Å². The van der Waals surface area contributed by atoms with Crippen molar-refractivity contribution in [2.45, 2.75) is 56.1 Å². The summed E-state index contributed by atoms with van der Waals surface area (Å²) in [5.41, 5.74) is 0.963. The van der Waals surface area contributed by atoms with Crippen molar-refractivity contribution >= 4 is 11.8 Å². The zero-order valence-electron chi connectivity index (χ0n) is 12.1. The lowest BCUT2D eigenvalue weighted by Gasteiger charge is -2.29. The highest BCUT2D eigenvalue weighted by Crippen LogP contribution is 2.26. The third kappa shape index (κ3) is 4.51. The van der Waals surface area contributed by atoms with Crippen LogP contribution in [-0.2, 0) is 7.05 Å². The smallest absolute Gasteiger partial charge is 0.0939 e. The minimum absolute atomic E-state index is 0.107. The van der Waals surface area contributed by atoms with Crippen molar-refractivity contribution in [2.75, 3.05) is 12.4 Å². The summed E-state index contributed by atoms with van der Waals surface area (Å²) in [6.07, 6.45) is 4.65. The zero-order valence-corrected chi connectivity index (χ0v) is 13.0. The predicted octanol–water partition coefficient (Wildman–Crippen LogP) is 2.10. The molecule has 0 amide bonds. The molecule has 0 bridgehead atoms. The molecule has 1 atom stereocenters. The van der Waals surface area contributed by atoms with E-state index in [1.54, 1.807) is 0 Å². The van der Waals surface area contributed by atoms with Gasteiger partial charge in [-0.1, -0.05) is 0 Å². The molecule has 0 radical (unpaired) electrons. The third-order valence-corrected chi connectivity index (χ3v) is 4.73. The van der Waals surface area contributed by atoms with E-state index in [0.29, 0.717) is 6.04 Å². The molecule has 1 aromatic heterocycles. The number of rotatable bonds is 8. The topological polar surface area (TPSA) is 50.1 Å². The molecule has 0 spiro atoms. The molecule has 1 unspecified atom stereocenters. The Labute approximate surface area is 120 Å². The fourth-order valence-corrected chi connectivity index (χ4v) is 3.26. The SMILES string of the molecule is Cc1cc(SCCCC(C)(CO)NC2CC2)n(C)n1. The highest BCUT2D eigenvalue weighted by molar-refractivity contribution is 7.99. The van der Waals surface area contributed by atoms with Gasteiger partial charge >= 0.3 is 0 Å². The summed E-state index contributed by atoms with van der Waals surface area (Å²) < 4.78 is 1.94. The molecule has 2 rings (SSSR count). The second-order valence-electron chi connectivity index (χ2n) is 5.84. The van der Waals surface area contributed by atoms with Gasteiger partial charge in [0.2, 0.25) is 0 Å². The van der Waals surface area contributed by atoms with Gasteiger partial charge < -0.3 is 10.4 Å². The Hall–Kier alpha value is -0.520. The quantitative estimate of drug-likeness (QED) is 0.567. The molecule has 0 aromatic carbocycles. The van der Waals surface area contributed by atoms with Gasteiger partial charge in [0.15, 0.2) is 0 Å². The molecule has 4 nitrogen and oxygen atoms in total. The van der Waals surface area contributed by atoms with E-state index in [0.717, 1.165) is 24.3 Å². The molecule has 1 fully saturated rings. The summed E-state index contributed by atoms with van der Waals surface area (Å²) in [6.45, 7) is 4.37. The maximum Gasteiger partial charge on any atom is 0.0939 e. The summed E-state index contributed by atoms with van der Waals surface area (Å²) in [7, 11) is 1.99. The van der Waals surface area contributed by atoms with Crippen molar-refractivity contribution in [3.8, 4) is 0 Å². The number of aliphatic hydroxyl groups excluding tert-OH is 1.